The highest BCUT2D eigenvalue weighted by atomic mass is 16.6. The van der Waals surface area contributed by atoms with E-state index in [1.165, 1.54) is 4.90 Å². The van der Waals surface area contributed by atoms with Crippen molar-refractivity contribution in [2.24, 2.45) is 27.4 Å². The number of ether oxygens (including phenoxy) is 1. The molecular weight excluding hydrogens is 484 g/mol. The van der Waals surface area contributed by atoms with Crippen molar-refractivity contribution < 1.29 is 29.3 Å². The van der Waals surface area contributed by atoms with Crippen LogP contribution >= 0.6 is 0 Å². The summed E-state index contributed by atoms with van der Waals surface area (Å²) in [6.45, 7) is 0.275. The molecule has 1 aliphatic carbocycles. The molecule has 3 amide bonds. The summed E-state index contributed by atoms with van der Waals surface area (Å²) in [6, 6.07) is -1.81. The molecule has 4 fully saturated rings. The maximum absolute atomic E-state index is 13.4. The number of imide groups is 1. The van der Waals surface area contributed by atoms with Crippen LogP contribution in [-0.4, -0.2) is 110 Å². The van der Waals surface area contributed by atoms with Gasteiger partial charge in [-0.2, -0.15) is 0 Å². The van der Waals surface area contributed by atoms with Crippen molar-refractivity contribution in [3.63, 3.8) is 0 Å². The quantitative estimate of drug-likeness (QED) is 0.205. The van der Waals surface area contributed by atoms with Crippen LogP contribution in [0.25, 0.3) is 0 Å². The number of guanidine groups is 2. The fourth-order valence-corrected chi connectivity index (χ4v) is 7.23. The molecule has 5 aliphatic heterocycles. The highest BCUT2D eigenvalue weighted by Crippen LogP contribution is 2.46. The van der Waals surface area contributed by atoms with Crippen LogP contribution in [0.5, 0.6) is 0 Å². The zero-order valence-electron chi connectivity index (χ0n) is 20.6. The molecule has 0 aromatic carbocycles. The second-order valence-electron chi connectivity index (χ2n) is 11.0. The number of rotatable bonds is 3. The molecule has 0 aromatic heterocycles. The molecule has 1 spiro atoms. The van der Waals surface area contributed by atoms with Gasteiger partial charge < -0.3 is 41.5 Å². The lowest BCUT2D eigenvalue weighted by atomic mass is 9.78. The van der Waals surface area contributed by atoms with Gasteiger partial charge in [0, 0.05) is 25.4 Å². The van der Waals surface area contributed by atoms with Gasteiger partial charge in [-0.05, 0) is 31.6 Å². The summed E-state index contributed by atoms with van der Waals surface area (Å²) in [5, 5.41) is 26.0. The Morgan fingerprint density at radius 1 is 1.08 bits per heavy atom. The minimum atomic E-state index is -2.67. The summed E-state index contributed by atoms with van der Waals surface area (Å²) in [5.74, 6) is -3.04. The lowest BCUT2D eigenvalue weighted by Crippen LogP contribution is -2.78. The predicted octanol–water partition coefficient (Wildman–Crippen LogP) is -2.03. The number of nitrogens with one attached hydrogen (secondary N) is 1. The predicted molar refractivity (Wildman–Crippen MR) is 128 cm³/mol. The molecule has 202 valence electrons. The first-order valence-electron chi connectivity index (χ1n) is 13.1. The second-order valence-corrected chi connectivity index (χ2v) is 11.0. The van der Waals surface area contributed by atoms with E-state index in [4.69, 9.17) is 16.2 Å². The van der Waals surface area contributed by atoms with Crippen molar-refractivity contribution in [2.45, 2.75) is 87.0 Å². The average molecular weight is 519 g/mol. The van der Waals surface area contributed by atoms with E-state index in [-0.39, 0.29) is 55.7 Å². The van der Waals surface area contributed by atoms with E-state index in [0.717, 1.165) is 43.4 Å². The number of piperidine rings is 1. The van der Waals surface area contributed by atoms with Crippen molar-refractivity contribution in [1.29, 1.82) is 0 Å². The molecular formula is C23H34N8O6. The summed E-state index contributed by atoms with van der Waals surface area (Å²) in [7, 11) is 0. The lowest BCUT2D eigenvalue weighted by molar-refractivity contribution is -0.258. The number of carbonyl (C=O) groups is 3. The molecule has 0 aromatic rings. The molecule has 0 bridgehead atoms. The van der Waals surface area contributed by atoms with Crippen LogP contribution in [0.3, 0.4) is 0 Å². The minimum absolute atomic E-state index is 0.0610. The Kier molecular flexibility index (Phi) is 5.53. The highest BCUT2D eigenvalue weighted by molar-refractivity contribution is 6.02. The lowest BCUT2D eigenvalue weighted by Gasteiger charge is -2.49. The Balaban J connectivity index is 1.27. The molecule has 1 saturated carbocycles. The van der Waals surface area contributed by atoms with Crippen molar-refractivity contribution in [3.8, 4) is 0 Å². The highest BCUT2D eigenvalue weighted by Gasteiger charge is 2.74. The molecule has 14 heteroatoms. The fourth-order valence-electron chi connectivity index (χ4n) is 7.23. The number of fused-ring (bicyclic) bond motifs is 1. The fraction of sp³-hybridized carbons (Fsp3) is 0.783. The number of hydrogen-bond donors (Lipinski definition) is 5. The Bertz CT molecular complexity index is 1060. The van der Waals surface area contributed by atoms with Crippen LogP contribution in [0, 0.1) is 5.92 Å². The van der Waals surface area contributed by atoms with Crippen LogP contribution in [0.15, 0.2) is 9.98 Å². The summed E-state index contributed by atoms with van der Waals surface area (Å²) in [4.78, 5) is 50.9. The van der Waals surface area contributed by atoms with E-state index >= 15 is 0 Å². The van der Waals surface area contributed by atoms with Gasteiger partial charge in [-0.15, -0.1) is 0 Å². The van der Waals surface area contributed by atoms with Crippen LogP contribution < -0.4 is 16.8 Å². The molecule has 5 heterocycles. The van der Waals surface area contributed by atoms with Crippen LogP contribution in [-0.2, 0) is 14.3 Å². The van der Waals surface area contributed by atoms with Crippen LogP contribution in [0.1, 0.15) is 51.4 Å². The van der Waals surface area contributed by atoms with Crippen molar-refractivity contribution in [1.82, 2.24) is 20.0 Å². The third-order valence-electron chi connectivity index (χ3n) is 8.99. The molecule has 6 atom stereocenters. The van der Waals surface area contributed by atoms with E-state index < -0.39 is 35.7 Å². The topological polar surface area (TPSA) is 199 Å². The third kappa shape index (κ3) is 3.48. The zero-order valence-corrected chi connectivity index (χ0v) is 20.6. The van der Waals surface area contributed by atoms with Gasteiger partial charge >= 0.3 is 6.09 Å². The van der Waals surface area contributed by atoms with E-state index in [9.17, 15) is 24.6 Å². The number of hydrogen-bond acceptors (Lipinski definition) is 12. The summed E-state index contributed by atoms with van der Waals surface area (Å²) < 4.78 is 5.78. The Labute approximate surface area is 213 Å². The average Bonchev–Trinajstić information content (AvgIpc) is 3.46. The first kappa shape index (κ1) is 24.2. The number of aliphatic imine (C=N–C) groups is 2. The second kappa shape index (κ2) is 8.45. The number of nitrogens with zero attached hydrogens (tertiary/aromatic N) is 5. The van der Waals surface area contributed by atoms with Crippen LogP contribution in [0.2, 0.25) is 0 Å². The Morgan fingerprint density at radius 2 is 1.78 bits per heavy atom. The van der Waals surface area contributed by atoms with Gasteiger partial charge in [0.2, 0.25) is 17.6 Å². The molecule has 2 unspecified atom stereocenters. The number of carbonyl (C=O) groups excluding carboxylic acids is 3. The van der Waals surface area contributed by atoms with Gasteiger partial charge in [-0.25, -0.2) is 14.8 Å². The third-order valence-corrected chi connectivity index (χ3v) is 8.99. The van der Waals surface area contributed by atoms with E-state index in [0.29, 0.717) is 12.5 Å². The molecule has 7 N–H and O–H groups in total. The molecule has 37 heavy (non-hydrogen) atoms. The maximum atomic E-state index is 13.4. The van der Waals surface area contributed by atoms with Crippen molar-refractivity contribution in [3.05, 3.63) is 0 Å². The number of amides is 3. The monoisotopic (exact) mass is 518 g/mol. The van der Waals surface area contributed by atoms with Gasteiger partial charge in [0.25, 0.3) is 0 Å². The van der Waals surface area contributed by atoms with Gasteiger partial charge in [-0.3, -0.25) is 14.5 Å². The largest absolute Gasteiger partial charge is 0.438 e. The Hall–Kier alpha value is -3.13. The molecule has 6 aliphatic rings. The van der Waals surface area contributed by atoms with Gasteiger partial charge in [-0.1, -0.05) is 12.8 Å². The van der Waals surface area contributed by atoms with Gasteiger partial charge in [0.15, 0.2) is 23.7 Å². The van der Waals surface area contributed by atoms with E-state index in [1.54, 1.807) is 4.90 Å². The van der Waals surface area contributed by atoms with Crippen LogP contribution in [0.4, 0.5) is 4.79 Å². The van der Waals surface area contributed by atoms with E-state index in [1.807, 2.05) is 0 Å². The van der Waals surface area contributed by atoms with E-state index in [2.05, 4.69) is 15.3 Å². The molecule has 3 saturated heterocycles. The first-order valence-corrected chi connectivity index (χ1v) is 13.1. The molecule has 0 radical (unpaired) electrons. The minimum Gasteiger partial charge on any atom is -0.438 e. The molecule has 14 nitrogen and oxygen atoms in total. The van der Waals surface area contributed by atoms with Gasteiger partial charge in [0.05, 0.1) is 19.1 Å². The SMILES string of the molecule is NC1=N[C@H]2C(CN3C(=O)CCC3=O)N=C(N)N3CC(OC(=O)N4CCC[C@H]5CCCC[C@@H]54)C(O)(O)[C@]23N1. The number of nitrogens with two attached hydrogens (primary N) is 2. The summed E-state index contributed by atoms with van der Waals surface area (Å²) in [5.41, 5.74) is 10.5. The Morgan fingerprint density at radius 3 is 2.54 bits per heavy atom. The van der Waals surface area contributed by atoms with Crippen molar-refractivity contribution >= 4 is 29.8 Å². The maximum Gasteiger partial charge on any atom is 0.410 e. The number of aliphatic hydroxyl groups is 2. The van der Waals surface area contributed by atoms with Crippen molar-refractivity contribution in [2.75, 3.05) is 19.6 Å². The van der Waals surface area contributed by atoms with Gasteiger partial charge in [0.1, 0.15) is 6.04 Å². The smallest absolute Gasteiger partial charge is 0.410 e. The zero-order chi connectivity index (χ0) is 26.1. The molecule has 6 rings (SSSR count). The standard InChI is InChI=1S/C23H34N8O6/c24-19-27-18-13(10-30-16(32)7-8-17(30)33)26-20(25)31-11-15(23(35,36)22(18,31)28-19)37-21(34)29-9-3-5-12-4-1-2-6-14(12)29/h12-15,18,35-36H,1-11H2,(H2,25,26)(H3,24,27,28)/t12-,13?,14+,15?,18+,22+/m1/s1. The normalized spacial score (nSPS) is 38.4. The summed E-state index contributed by atoms with van der Waals surface area (Å²) in [6.07, 6.45) is 4.40. The first-order chi connectivity index (χ1) is 17.6. The summed E-state index contributed by atoms with van der Waals surface area (Å²) >= 11 is 0. The number of likely N-dealkylation sites (tertiary alicyclic amines) is 2.